The van der Waals surface area contributed by atoms with Gasteiger partial charge in [0.05, 0.1) is 23.2 Å². The first-order chi connectivity index (χ1) is 8.40. The van der Waals surface area contributed by atoms with Crippen LogP contribution in [0, 0.1) is 15.9 Å². The van der Waals surface area contributed by atoms with Crippen LogP contribution in [0.15, 0.2) is 18.2 Å². The number of nitro benzene ring substituents is 1. The van der Waals surface area contributed by atoms with Gasteiger partial charge in [-0.2, -0.15) is 0 Å². The summed E-state index contributed by atoms with van der Waals surface area (Å²) in [5.74, 6) is -1.04. The quantitative estimate of drug-likeness (QED) is 0.619. The molecule has 2 N–H and O–H groups in total. The molecule has 1 rings (SSSR count). The smallest absolute Gasteiger partial charge is 0.272 e. The van der Waals surface area contributed by atoms with Crippen LogP contribution in [-0.2, 0) is 4.79 Å². The second-order valence-electron chi connectivity index (χ2n) is 4.00. The van der Waals surface area contributed by atoms with Crippen LogP contribution in [0.3, 0.4) is 0 Å². The third kappa shape index (κ3) is 4.00. The summed E-state index contributed by atoms with van der Waals surface area (Å²) in [4.78, 5) is 21.0. The number of carbonyl (C=O) groups is 1. The molecule has 18 heavy (non-hydrogen) atoms. The number of amides is 1. The van der Waals surface area contributed by atoms with Gasteiger partial charge in [-0.25, -0.2) is 4.39 Å². The Labute approximate surface area is 103 Å². The minimum atomic E-state index is -0.762. The minimum absolute atomic E-state index is 0.000933. The van der Waals surface area contributed by atoms with Crippen LogP contribution in [0.2, 0.25) is 0 Å². The van der Waals surface area contributed by atoms with Gasteiger partial charge in [-0.15, -0.1) is 0 Å². The molecule has 0 unspecified atom stereocenters. The molecule has 7 heteroatoms. The fourth-order valence-electron chi connectivity index (χ4n) is 1.31. The lowest BCUT2D eigenvalue weighted by Crippen LogP contribution is -2.34. The number of benzene rings is 1. The number of halogens is 1. The summed E-state index contributed by atoms with van der Waals surface area (Å²) in [6.07, 6.45) is 0. The van der Waals surface area contributed by atoms with Gasteiger partial charge in [-0.1, -0.05) is 0 Å². The topological polar surface area (TPSA) is 84.3 Å². The highest BCUT2D eigenvalue weighted by atomic mass is 19.1. The van der Waals surface area contributed by atoms with E-state index in [9.17, 15) is 19.3 Å². The number of anilines is 1. The van der Waals surface area contributed by atoms with Gasteiger partial charge in [0.25, 0.3) is 5.69 Å². The Morgan fingerprint density at radius 2 is 2.17 bits per heavy atom. The van der Waals surface area contributed by atoms with E-state index in [1.165, 1.54) is 12.1 Å². The molecule has 1 aromatic carbocycles. The zero-order chi connectivity index (χ0) is 13.7. The van der Waals surface area contributed by atoms with E-state index in [2.05, 4.69) is 10.6 Å². The standard InChI is InChI=1S/C11H14FN3O3/c1-7(2)14-11(16)6-13-10-4-3-8(15(17)18)5-9(10)12/h3-5,7,13H,6H2,1-2H3,(H,14,16). The van der Waals surface area contributed by atoms with E-state index in [1.54, 1.807) is 0 Å². The van der Waals surface area contributed by atoms with Crippen molar-refractivity contribution in [2.45, 2.75) is 19.9 Å². The second-order valence-corrected chi connectivity index (χ2v) is 4.00. The van der Waals surface area contributed by atoms with Crippen molar-refractivity contribution in [3.8, 4) is 0 Å². The van der Waals surface area contributed by atoms with Crippen LogP contribution in [0.4, 0.5) is 15.8 Å². The summed E-state index contributed by atoms with van der Waals surface area (Å²) >= 11 is 0. The summed E-state index contributed by atoms with van der Waals surface area (Å²) in [5.41, 5.74) is -0.274. The predicted octanol–water partition coefficient (Wildman–Crippen LogP) is 1.67. The summed E-state index contributed by atoms with van der Waals surface area (Å²) in [7, 11) is 0. The first-order valence-electron chi connectivity index (χ1n) is 5.37. The van der Waals surface area contributed by atoms with Crippen molar-refractivity contribution < 1.29 is 14.1 Å². The van der Waals surface area contributed by atoms with Crippen LogP contribution in [-0.4, -0.2) is 23.4 Å². The van der Waals surface area contributed by atoms with Crippen molar-refractivity contribution >= 4 is 17.3 Å². The number of non-ortho nitro benzene ring substituents is 1. The van der Waals surface area contributed by atoms with Crippen molar-refractivity contribution in [3.63, 3.8) is 0 Å². The van der Waals surface area contributed by atoms with Gasteiger partial charge in [0.2, 0.25) is 5.91 Å². The van der Waals surface area contributed by atoms with Crippen LogP contribution >= 0.6 is 0 Å². The molecule has 98 valence electrons. The third-order valence-electron chi connectivity index (χ3n) is 2.05. The molecule has 0 atom stereocenters. The lowest BCUT2D eigenvalue weighted by molar-refractivity contribution is -0.385. The van der Waals surface area contributed by atoms with Crippen molar-refractivity contribution in [3.05, 3.63) is 34.1 Å². The Bertz CT molecular complexity index is 463. The van der Waals surface area contributed by atoms with E-state index < -0.39 is 10.7 Å². The molecule has 6 nitrogen and oxygen atoms in total. The molecule has 0 aromatic heterocycles. The Hall–Kier alpha value is -2.18. The zero-order valence-electron chi connectivity index (χ0n) is 10.1. The molecule has 0 fully saturated rings. The highest BCUT2D eigenvalue weighted by Crippen LogP contribution is 2.20. The predicted molar refractivity (Wildman–Crippen MR) is 64.8 cm³/mol. The number of nitrogens with one attached hydrogen (secondary N) is 2. The van der Waals surface area contributed by atoms with Crippen molar-refractivity contribution in [1.29, 1.82) is 0 Å². The maximum absolute atomic E-state index is 13.4. The maximum atomic E-state index is 13.4. The fraction of sp³-hybridized carbons (Fsp3) is 0.364. The van der Waals surface area contributed by atoms with E-state index in [1.807, 2.05) is 13.8 Å². The van der Waals surface area contributed by atoms with E-state index in [-0.39, 0.29) is 29.9 Å². The average molecular weight is 255 g/mol. The fourth-order valence-corrected chi connectivity index (χ4v) is 1.31. The summed E-state index contributed by atoms with van der Waals surface area (Å²) in [5, 5.41) is 15.6. The van der Waals surface area contributed by atoms with Gasteiger partial charge < -0.3 is 10.6 Å². The summed E-state index contributed by atoms with van der Waals surface area (Å²) in [6.45, 7) is 3.53. The molecule has 1 aromatic rings. The molecule has 0 aliphatic carbocycles. The van der Waals surface area contributed by atoms with Crippen molar-refractivity contribution in [2.24, 2.45) is 0 Å². The highest BCUT2D eigenvalue weighted by molar-refractivity contribution is 5.80. The normalized spacial score (nSPS) is 10.2. The number of carbonyl (C=O) groups excluding carboxylic acids is 1. The zero-order valence-corrected chi connectivity index (χ0v) is 10.1. The van der Waals surface area contributed by atoms with Gasteiger partial charge in [-0.3, -0.25) is 14.9 Å². The number of hydrogen-bond acceptors (Lipinski definition) is 4. The largest absolute Gasteiger partial charge is 0.374 e. The minimum Gasteiger partial charge on any atom is -0.374 e. The summed E-state index contributed by atoms with van der Waals surface area (Å²) in [6, 6.07) is 3.21. The Balaban J connectivity index is 2.63. The summed E-state index contributed by atoms with van der Waals surface area (Å²) < 4.78 is 13.4. The average Bonchev–Trinajstić information content (AvgIpc) is 2.26. The molecular weight excluding hydrogens is 241 g/mol. The monoisotopic (exact) mass is 255 g/mol. The van der Waals surface area contributed by atoms with Gasteiger partial charge >= 0.3 is 0 Å². The first kappa shape index (κ1) is 13.9. The second kappa shape index (κ2) is 5.95. The maximum Gasteiger partial charge on any atom is 0.272 e. The van der Waals surface area contributed by atoms with Crippen molar-refractivity contribution in [2.75, 3.05) is 11.9 Å². The highest BCUT2D eigenvalue weighted by Gasteiger charge is 2.11. The van der Waals surface area contributed by atoms with Crippen LogP contribution in [0.1, 0.15) is 13.8 Å². The van der Waals surface area contributed by atoms with Gasteiger partial charge in [0, 0.05) is 12.1 Å². The van der Waals surface area contributed by atoms with E-state index in [4.69, 9.17) is 0 Å². The van der Waals surface area contributed by atoms with Crippen LogP contribution in [0.5, 0.6) is 0 Å². The lowest BCUT2D eigenvalue weighted by atomic mass is 10.2. The lowest BCUT2D eigenvalue weighted by Gasteiger charge is -2.10. The van der Waals surface area contributed by atoms with E-state index in [0.717, 1.165) is 6.07 Å². The SMILES string of the molecule is CC(C)NC(=O)CNc1ccc([N+](=O)[O-])cc1F. The molecular formula is C11H14FN3O3. The number of hydrogen-bond donors (Lipinski definition) is 2. The Kier molecular flexibility index (Phi) is 4.59. The molecule has 0 aliphatic rings. The Morgan fingerprint density at radius 1 is 1.50 bits per heavy atom. The molecule has 1 amide bonds. The van der Waals surface area contributed by atoms with E-state index >= 15 is 0 Å². The number of rotatable bonds is 5. The van der Waals surface area contributed by atoms with Gasteiger partial charge in [-0.05, 0) is 19.9 Å². The Morgan fingerprint density at radius 3 is 2.67 bits per heavy atom. The molecule has 0 radical (unpaired) electrons. The molecule has 0 saturated heterocycles. The first-order valence-corrected chi connectivity index (χ1v) is 5.37. The molecule has 0 bridgehead atoms. The van der Waals surface area contributed by atoms with Gasteiger partial charge in [0.15, 0.2) is 5.82 Å². The van der Waals surface area contributed by atoms with Gasteiger partial charge in [0.1, 0.15) is 0 Å². The van der Waals surface area contributed by atoms with Crippen molar-refractivity contribution in [1.82, 2.24) is 5.32 Å². The number of nitrogens with zero attached hydrogens (tertiary/aromatic N) is 1. The van der Waals surface area contributed by atoms with E-state index in [0.29, 0.717) is 0 Å². The number of nitro groups is 1. The molecule has 0 spiro atoms. The van der Waals surface area contributed by atoms with Crippen LogP contribution < -0.4 is 10.6 Å². The molecule has 0 heterocycles. The van der Waals surface area contributed by atoms with Crippen LogP contribution in [0.25, 0.3) is 0 Å². The molecule has 0 aliphatic heterocycles. The third-order valence-corrected chi connectivity index (χ3v) is 2.05. The molecule has 0 saturated carbocycles.